The van der Waals surface area contributed by atoms with Crippen LogP contribution in [0.2, 0.25) is 0 Å². The Morgan fingerprint density at radius 2 is 1.84 bits per heavy atom. The summed E-state index contributed by atoms with van der Waals surface area (Å²) in [6.07, 6.45) is 4.47. The van der Waals surface area contributed by atoms with Crippen molar-refractivity contribution in [2.75, 3.05) is 6.54 Å². The van der Waals surface area contributed by atoms with Gasteiger partial charge in [-0.05, 0) is 41.0 Å². The molecule has 0 unspecified atom stereocenters. The number of rotatable bonds is 6. The number of hydrogen-bond donors (Lipinski definition) is 2. The summed E-state index contributed by atoms with van der Waals surface area (Å²) in [5, 5.41) is 24.7. The lowest BCUT2D eigenvalue weighted by Gasteiger charge is -2.34. The van der Waals surface area contributed by atoms with Crippen LogP contribution in [-0.4, -0.2) is 61.5 Å². The average molecular weight is 502 g/mol. The SMILES string of the molecule is CC(C)(C)[C@@H](C(=O)N1C[C@H](O)C[C@H]1C(=O)N[C@@H]1C[C@H]1c1cccc2ccccc12)n1cc(C2CC2)nn1. The summed E-state index contributed by atoms with van der Waals surface area (Å²) in [7, 11) is 0. The van der Waals surface area contributed by atoms with Gasteiger partial charge in [-0.2, -0.15) is 0 Å². The lowest BCUT2D eigenvalue weighted by atomic mass is 9.85. The summed E-state index contributed by atoms with van der Waals surface area (Å²) in [6, 6.07) is 13.3. The summed E-state index contributed by atoms with van der Waals surface area (Å²) in [6.45, 7) is 6.13. The van der Waals surface area contributed by atoms with Crippen LogP contribution < -0.4 is 5.32 Å². The van der Waals surface area contributed by atoms with E-state index in [1.54, 1.807) is 9.58 Å². The highest BCUT2D eigenvalue weighted by molar-refractivity contribution is 5.91. The Morgan fingerprint density at radius 3 is 2.59 bits per heavy atom. The first-order valence-electron chi connectivity index (χ1n) is 13.4. The van der Waals surface area contributed by atoms with Crippen molar-refractivity contribution >= 4 is 22.6 Å². The smallest absolute Gasteiger partial charge is 0.248 e. The van der Waals surface area contributed by atoms with Crippen molar-refractivity contribution in [2.45, 2.75) is 82.5 Å². The molecule has 2 aliphatic carbocycles. The van der Waals surface area contributed by atoms with E-state index in [9.17, 15) is 14.7 Å². The lowest BCUT2D eigenvalue weighted by molar-refractivity contribution is -0.144. The molecule has 2 heterocycles. The van der Waals surface area contributed by atoms with E-state index >= 15 is 0 Å². The molecule has 0 bridgehead atoms. The highest BCUT2D eigenvalue weighted by Crippen LogP contribution is 2.44. The molecule has 8 heteroatoms. The van der Waals surface area contributed by atoms with Crippen LogP contribution in [0.4, 0.5) is 0 Å². The predicted molar refractivity (Wildman–Crippen MR) is 140 cm³/mol. The third kappa shape index (κ3) is 4.63. The molecule has 3 fully saturated rings. The molecule has 2 amide bonds. The van der Waals surface area contributed by atoms with Crippen LogP contribution >= 0.6 is 0 Å². The minimum atomic E-state index is -0.730. The molecule has 3 aliphatic rings. The highest BCUT2D eigenvalue weighted by atomic mass is 16.3. The second kappa shape index (κ2) is 8.94. The van der Waals surface area contributed by atoms with Gasteiger partial charge < -0.3 is 15.3 Å². The van der Waals surface area contributed by atoms with E-state index in [0.29, 0.717) is 5.92 Å². The monoisotopic (exact) mass is 501 g/mol. The van der Waals surface area contributed by atoms with E-state index < -0.39 is 23.6 Å². The fraction of sp³-hybridized carbons (Fsp3) is 0.517. The number of hydrogen-bond acceptors (Lipinski definition) is 5. The minimum absolute atomic E-state index is 0.0304. The molecular weight excluding hydrogens is 466 g/mol. The van der Waals surface area contributed by atoms with Gasteiger partial charge in [0, 0.05) is 37.0 Å². The van der Waals surface area contributed by atoms with Crippen molar-refractivity contribution < 1.29 is 14.7 Å². The predicted octanol–water partition coefficient (Wildman–Crippen LogP) is 3.53. The molecule has 1 aromatic heterocycles. The first kappa shape index (κ1) is 24.1. The molecule has 0 spiro atoms. The quantitative estimate of drug-likeness (QED) is 0.538. The van der Waals surface area contributed by atoms with Crippen molar-refractivity contribution in [3.63, 3.8) is 0 Å². The van der Waals surface area contributed by atoms with Crippen LogP contribution in [-0.2, 0) is 9.59 Å². The number of amides is 2. The molecule has 1 aliphatic heterocycles. The number of nitrogens with one attached hydrogen (secondary N) is 1. The van der Waals surface area contributed by atoms with Gasteiger partial charge in [0.2, 0.25) is 11.8 Å². The summed E-state index contributed by atoms with van der Waals surface area (Å²) < 4.78 is 1.66. The molecule has 8 nitrogen and oxygen atoms in total. The topological polar surface area (TPSA) is 100 Å². The molecule has 2 aromatic carbocycles. The largest absolute Gasteiger partial charge is 0.391 e. The maximum Gasteiger partial charge on any atom is 0.248 e. The number of nitrogens with zero attached hydrogens (tertiary/aromatic N) is 4. The van der Waals surface area contributed by atoms with E-state index in [4.69, 9.17) is 0 Å². The Hall–Kier alpha value is -3.26. The van der Waals surface area contributed by atoms with Crippen molar-refractivity contribution in [3.05, 3.63) is 59.9 Å². The number of carbonyl (C=O) groups excluding carboxylic acids is 2. The van der Waals surface area contributed by atoms with Gasteiger partial charge in [-0.3, -0.25) is 9.59 Å². The molecule has 2 saturated carbocycles. The molecule has 37 heavy (non-hydrogen) atoms. The van der Waals surface area contributed by atoms with Crippen molar-refractivity contribution in [1.29, 1.82) is 0 Å². The second-order valence-electron chi connectivity index (χ2n) is 12.1. The van der Waals surface area contributed by atoms with E-state index in [1.807, 2.05) is 39.1 Å². The molecule has 5 atom stereocenters. The second-order valence-corrected chi connectivity index (χ2v) is 12.1. The minimum Gasteiger partial charge on any atom is -0.391 e. The van der Waals surface area contributed by atoms with E-state index in [2.05, 4.69) is 46.0 Å². The maximum atomic E-state index is 13.9. The van der Waals surface area contributed by atoms with Gasteiger partial charge in [0.1, 0.15) is 12.1 Å². The highest BCUT2D eigenvalue weighted by Gasteiger charge is 2.48. The molecule has 1 saturated heterocycles. The number of aromatic nitrogens is 3. The number of β-amino-alcohol motifs (C(OH)–C–C–N with tert-alkyl or cyclic N) is 1. The number of benzene rings is 2. The zero-order valence-electron chi connectivity index (χ0n) is 21.7. The van der Waals surface area contributed by atoms with Crippen LogP contribution in [0.15, 0.2) is 48.7 Å². The molecule has 6 rings (SSSR count). The van der Waals surface area contributed by atoms with Crippen LogP contribution in [0.25, 0.3) is 10.8 Å². The van der Waals surface area contributed by atoms with Crippen molar-refractivity contribution in [1.82, 2.24) is 25.2 Å². The number of aliphatic hydroxyl groups is 1. The third-order valence-electron chi connectivity index (χ3n) is 8.05. The van der Waals surface area contributed by atoms with Crippen LogP contribution in [0, 0.1) is 5.41 Å². The Kier molecular flexibility index (Phi) is 5.82. The Labute approximate surface area is 217 Å². The van der Waals surface area contributed by atoms with Gasteiger partial charge >= 0.3 is 0 Å². The number of fused-ring (bicyclic) bond motifs is 1. The third-order valence-corrected chi connectivity index (χ3v) is 8.05. The van der Waals surface area contributed by atoms with E-state index in [0.717, 1.165) is 25.0 Å². The molecule has 2 N–H and O–H groups in total. The average Bonchev–Trinajstić information content (AvgIpc) is 3.76. The Balaban J connectivity index is 1.19. The number of aliphatic hydroxyl groups excluding tert-OH is 1. The molecule has 194 valence electrons. The number of likely N-dealkylation sites (tertiary alicyclic amines) is 1. The van der Waals surface area contributed by atoms with E-state index in [-0.39, 0.29) is 36.7 Å². The summed E-state index contributed by atoms with van der Waals surface area (Å²) in [4.78, 5) is 28.9. The summed E-state index contributed by atoms with van der Waals surface area (Å²) >= 11 is 0. The zero-order chi connectivity index (χ0) is 25.9. The Morgan fingerprint density at radius 1 is 1.08 bits per heavy atom. The zero-order valence-corrected chi connectivity index (χ0v) is 21.7. The van der Waals surface area contributed by atoms with Gasteiger partial charge in [0.05, 0.1) is 11.8 Å². The molecule has 3 aromatic rings. The fourth-order valence-electron chi connectivity index (χ4n) is 5.88. The summed E-state index contributed by atoms with van der Waals surface area (Å²) in [5.74, 6) is 0.300. The van der Waals surface area contributed by atoms with Crippen LogP contribution in [0.5, 0.6) is 0 Å². The van der Waals surface area contributed by atoms with E-state index in [1.165, 1.54) is 16.3 Å². The van der Waals surface area contributed by atoms with Gasteiger partial charge in [0.25, 0.3) is 0 Å². The van der Waals surface area contributed by atoms with Crippen LogP contribution in [0.3, 0.4) is 0 Å². The van der Waals surface area contributed by atoms with Crippen molar-refractivity contribution in [2.24, 2.45) is 5.41 Å². The first-order valence-corrected chi connectivity index (χ1v) is 13.4. The standard InChI is InChI=1S/C29H35N5O3/c1-29(2,3)26(34-16-24(31-32-34)18-11-12-18)28(37)33-15-19(35)13-25(33)27(36)30-23-14-22(23)21-10-6-8-17-7-4-5-9-20(17)21/h4-10,16,18-19,22-23,25-26,35H,11-15H2,1-3H3,(H,30,36)/t19-,22+,23-,25+,26-/m1/s1. The molecular formula is C29H35N5O3. The Bertz CT molecular complexity index is 1340. The van der Waals surface area contributed by atoms with Gasteiger partial charge in [-0.1, -0.05) is 68.4 Å². The van der Waals surface area contributed by atoms with Crippen LogP contribution in [0.1, 0.15) is 75.6 Å². The van der Waals surface area contributed by atoms with Gasteiger partial charge in [-0.15, -0.1) is 5.10 Å². The normalized spacial score (nSPS) is 26.3. The van der Waals surface area contributed by atoms with Crippen molar-refractivity contribution in [3.8, 4) is 0 Å². The number of carbonyl (C=O) groups is 2. The first-order chi connectivity index (χ1) is 17.7. The maximum absolute atomic E-state index is 13.9. The molecule has 0 radical (unpaired) electrons. The summed E-state index contributed by atoms with van der Waals surface area (Å²) in [5.41, 5.74) is 1.72. The van der Waals surface area contributed by atoms with Gasteiger partial charge in [0.15, 0.2) is 0 Å². The lowest BCUT2D eigenvalue weighted by Crippen LogP contribution is -2.50. The fourth-order valence-corrected chi connectivity index (χ4v) is 5.88. The van der Waals surface area contributed by atoms with Gasteiger partial charge in [-0.25, -0.2) is 4.68 Å².